The average Bonchev–Trinajstić information content (AvgIpc) is 3.03. The zero-order chi connectivity index (χ0) is 27.6. The second-order valence-corrected chi connectivity index (χ2v) is 15.1. The third kappa shape index (κ3) is 4.46. The molecule has 2 fully saturated rings. The highest BCUT2D eigenvalue weighted by atomic mass is 32.2. The number of nitrogens with zero attached hydrogens (tertiary/aromatic N) is 2. The summed E-state index contributed by atoms with van der Waals surface area (Å²) in [6.45, 7) is 17.1. The van der Waals surface area contributed by atoms with Crippen LogP contribution in [0.3, 0.4) is 0 Å². The van der Waals surface area contributed by atoms with Crippen LogP contribution in [0.4, 0.5) is 0 Å². The minimum atomic E-state index is -0.929. The first-order chi connectivity index (χ1) is 17.1. The first kappa shape index (κ1) is 28.2. The summed E-state index contributed by atoms with van der Waals surface area (Å²) in [5, 5.41) is 10.5. The molecule has 206 valence electrons. The molecule has 1 unspecified atom stereocenters. The number of rotatable bonds is 6. The maximum absolute atomic E-state index is 14.7. The molecule has 37 heavy (non-hydrogen) atoms. The van der Waals surface area contributed by atoms with Gasteiger partial charge in [0, 0.05) is 16.8 Å². The normalized spacial score (nSPS) is 35.5. The number of carbonyl (C=O) groups is 3. The quantitative estimate of drug-likeness (QED) is 0.414. The summed E-state index contributed by atoms with van der Waals surface area (Å²) in [5.74, 6) is -2.20. The van der Waals surface area contributed by atoms with E-state index in [1.807, 2.05) is 50.0 Å². The first-order valence-corrected chi connectivity index (χ1v) is 14.4. The van der Waals surface area contributed by atoms with E-state index in [1.165, 1.54) is 0 Å². The Balaban J connectivity index is 1.90. The van der Waals surface area contributed by atoms with Gasteiger partial charge in [0.15, 0.2) is 0 Å². The van der Waals surface area contributed by atoms with Gasteiger partial charge < -0.3 is 19.6 Å². The molecule has 2 saturated heterocycles. The Morgan fingerprint density at radius 1 is 1.11 bits per heavy atom. The minimum Gasteiger partial charge on any atom is -0.461 e. The highest BCUT2D eigenvalue weighted by molar-refractivity contribution is 8.02. The Labute approximate surface area is 226 Å². The van der Waals surface area contributed by atoms with E-state index in [9.17, 15) is 19.5 Å². The minimum absolute atomic E-state index is 0.00705. The SMILES string of the molecule is CC[C@H](C)[C@H](CO)N1C(=O)[C@@H]2[C@@H]3C(=O)OCC=C[C@]3(C)S[C@@]23C=CCN(C(C)(C)CC(C)(C)C)C(=O)C13. The summed E-state index contributed by atoms with van der Waals surface area (Å²) in [7, 11) is 0. The van der Waals surface area contributed by atoms with E-state index < -0.39 is 44.9 Å². The van der Waals surface area contributed by atoms with Crippen LogP contribution in [0, 0.1) is 23.2 Å². The fraction of sp³-hybridized carbons (Fsp3) is 0.759. The lowest BCUT2D eigenvalue weighted by atomic mass is 9.74. The standard InChI is InChI=1S/C29H44N2O5S/c1-9-18(2)19(16-32)31-22-24(34)30(27(6,7)17-26(3,4)5)14-10-13-29(22)20(23(31)33)21-25(35)36-15-11-12-28(21,8)37-29/h10-13,18-22,32H,9,14-17H2,1-8H3/t18-,19-,20-,21+,22?,28-,29-/m0/s1. The molecule has 0 bridgehead atoms. The summed E-state index contributed by atoms with van der Waals surface area (Å²) in [4.78, 5) is 46.0. The maximum Gasteiger partial charge on any atom is 0.311 e. The smallest absolute Gasteiger partial charge is 0.311 e. The van der Waals surface area contributed by atoms with E-state index in [0.29, 0.717) is 6.54 Å². The van der Waals surface area contributed by atoms with E-state index in [1.54, 1.807) is 16.7 Å². The van der Waals surface area contributed by atoms with Crippen molar-refractivity contribution in [2.75, 3.05) is 19.8 Å². The van der Waals surface area contributed by atoms with Gasteiger partial charge in [-0.1, -0.05) is 59.3 Å². The lowest BCUT2D eigenvalue weighted by Gasteiger charge is -2.46. The summed E-state index contributed by atoms with van der Waals surface area (Å²) < 4.78 is 3.91. The highest BCUT2D eigenvalue weighted by Gasteiger charge is 2.75. The fourth-order valence-electron chi connectivity index (χ4n) is 7.40. The van der Waals surface area contributed by atoms with Crippen LogP contribution in [0.15, 0.2) is 24.3 Å². The summed E-state index contributed by atoms with van der Waals surface area (Å²) >= 11 is 1.55. The Hall–Kier alpha value is -1.80. The number of hydrogen-bond donors (Lipinski definition) is 1. The van der Waals surface area contributed by atoms with Crippen molar-refractivity contribution in [1.82, 2.24) is 9.80 Å². The second-order valence-electron chi connectivity index (χ2n) is 13.3. The van der Waals surface area contributed by atoms with Crippen molar-refractivity contribution < 1.29 is 24.2 Å². The van der Waals surface area contributed by atoms with Gasteiger partial charge in [-0.15, -0.1) is 11.8 Å². The van der Waals surface area contributed by atoms with Crippen LogP contribution in [0.1, 0.15) is 68.2 Å². The predicted molar refractivity (Wildman–Crippen MR) is 146 cm³/mol. The second kappa shape index (κ2) is 9.44. The van der Waals surface area contributed by atoms with Crippen molar-refractivity contribution in [3.8, 4) is 0 Å². The van der Waals surface area contributed by atoms with E-state index >= 15 is 0 Å². The van der Waals surface area contributed by atoms with E-state index in [-0.39, 0.29) is 36.4 Å². The topological polar surface area (TPSA) is 87.2 Å². The van der Waals surface area contributed by atoms with Gasteiger partial charge in [0.25, 0.3) is 0 Å². The Kier molecular flexibility index (Phi) is 7.20. The van der Waals surface area contributed by atoms with Crippen LogP contribution in [0.5, 0.6) is 0 Å². The molecule has 0 radical (unpaired) electrons. The Morgan fingerprint density at radius 3 is 2.38 bits per heavy atom. The van der Waals surface area contributed by atoms with Crippen LogP contribution >= 0.6 is 11.8 Å². The summed E-state index contributed by atoms with van der Waals surface area (Å²) in [5.41, 5.74) is -0.466. The van der Waals surface area contributed by atoms with Gasteiger partial charge in [-0.25, -0.2) is 0 Å². The lowest BCUT2D eigenvalue weighted by Crippen LogP contribution is -2.61. The lowest BCUT2D eigenvalue weighted by molar-refractivity contribution is -0.154. The molecule has 2 amide bonds. The van der Waals surface area contributed by atoms with Crippen LogP contribution in [0.25, 0.3) is 0 Å². The van der Waals surface area contributed by atoms with Crippen molar-refractivity contribution in [2.45, 2.75) is 95.3 Å². The number of aliphatic hydroxyl groups is 1. The molecule has 0 aromatic heterocycles. The third-order valence-corrected chi connectivity index (χ3v) is 10.6. The molecule has 7 nitrogen and oxygen atoms in total. The molecule has 0 aliphatic carbocycles. The molecule has 4 rings (SSSR count). The van der Waals surface area contributed by atoms with E-state index in [2.05, 4.69) is 34.6 Å². The molecular formula is C29H44N2O5S. The van der Waals surface area contributed by atoms with Gasteiger partial charge >= 0.3 is 5.97 Å². The van der Waals surface area contributed by atoms with Crippen LogP contribution in [0.2, 0.25) is 0 Å². The zero-order valence-corrected chi connectivity index (χ0v) is 24.4. The van der Waals surface area contributed by atoms with E-state index in [4.69, 9.17) is 4.74 Å². The first-order valence-electron chi connectivity index (χ1n) is 13.6. The zero-order valence-electron chi connectivity index (χ0n) is 23.6. The molecule has 1 spiro atoms. The molecule has 8 heteroatoms. The van der Waals surface area contributed by atoms with Gasteiger partial charge in [-0.2, -0.15) is 0 Å². The van der Waals surface area contributed by atoms with Crippen molar-refractivity contribution in [2.24, 2.45) is 23.2 Å². The Bertz CT molecular complexity index is 1020. The molecule has 0 aromatic carbocycles. The van der Waals surface area contributed by atoms with Crippen molar-refractivity contribution in [3.63, 3.8) is 0 Å². The van der Waals surface area contributed by atoms with Gasteiger partial charge in [0.2, 0.25) is 11.8 Å². The van der Waals surface area contributed by atoms with Crippen molar-refractivity contribution in [1.29, 1.82) is 0 Å². The number of amides is 2. The van der Waals surface area contributed by atoms with Gasteiger partial charge in [-0.05, 0) is 44.6 Å². The third-order valence-electron chi connectivity index (χ3n) is 8.79. The number of thioether (sulfide) groups is 1. The molecule has 7 atom stereocenters. The van der Waals surface area contributed by atoms with Crippen LogP contribution in [-0.2, 0) is 19.1 Å². The number of aliphatic hydroxyl groups excluding tert-OH is 1. The summed E-state index contributed by atoms with van der Waals surface area (Å²) in [6, 6.07) is -1.33. The van der Waals surface area contributed by atoms with Crippen LogP contribution < -0.4 is 0 Å². The number of fused-ring (bicyclic) bond motifs is 2. The monoisotopic (exact) mass is 532 g/mol. The predicted octanol–water partition coefficient (Wildman–Crippen LogP) is 3.81. The molecule has 4 heterocycles. The average molecular weight is 533 g/mol. The summed E-state index contributed by atoms with van der Waals surface area (Å²) in [6.07, 6.45) is 9.41. The number of ether oxygens (including phenoxy) is 1. The van der Waals surface area contributed by atoms with Gasteiger partial charge in [-0.3, -0.25) is 14.4 Å². The Morgan fingerprint density at radius 2 is 1.78 bits per heavy atom. The van der Waals surface area contributed by atoms with Crippen LogP contribution in [-0.4, -0.2) is 79.6 Å². The maximum atomic E-state index is 14.7. The number of likely N-dealkylation sites (tertiary alicyclic amines) is 1. The molecule has 1 N–H and O–H groups in total. The highest BCUT2D eigenvalue weighted by Crippen LogP contribution is 2.66. The molecule has 0 saturated carbocycles. The van der Waals surface area contributed by atoms with Gasteiger partial charge in [0.05, 0.1) is 29.2 Å². The molecule has 0 aromatic rings. The van der Waals surface area contributed by atoms with Crippen molar-refractivity contribution >= 4 is 29.5 Å². The molecule has 4 aliphatic rings. The largest absolute Gasteiger partial charge is 0.461 e. The van der Waals surface area contributed by atoms with Crippen molar-refractivity contribution in [3.05, 3.63) is 24.3 Å². The van der Waals surface area contributed by atoms with Gasteiger partial charge in [0.1, 0.15) is 12.6 Å². The van der Waals surface area contributed by atoms with E-state index in [0.717, 1.165) is 12.8 Å². The number of esters is 1. The fourth-order valence-corrected chi connectivity index (χ4v) is 9.54. The number of cyclic esters (lactones) is 1. The molecule has 4 aliphatic heterocycles. The number of hydrogen-bond acceptors (Lipinski definition) is 6. The molecular weight excluding hydrogens is 488 g/mol. The number of carbonyl (C=O) groups excluding carboxylic acids is 3.